The topological polar surface area (TPSA) is 134 Å². The van der Waals surface area contributed by atoms with Gasteiger partial charge in [0, 0.05) is 13.1 Å². The van der Waals surface area contributed by atoms with Crippen LogP contribution in [0.15, 0.2) is 0 Å². The Hall–Kier alpha value is -1.71. The number of amides is 2. The third-order valence-electron chi connectivity index (χ3n) is 4.94. The van der Waals surface area contributed by atoms with E-state index in [1.807, 2.05) is 0 Å². The molecule has 1 atom stereocenters. The number of hydrogen-bond donors (Lipinski definition) is 6. The smallest absolute Gasteiger partial charge is 0.355 e. The summed E-state index contributed by atoms with van der Waals surface area (Å²) in [6.45, 7) is 3.87. The van der Waals surface area contributed by atoms with Gasteiger partial charge in [0.15, 0.2) is 0 Å². The van der Waals surface area contributed by atoms with E-state index in [4.69, 9.17) is 11.5 Å². The number of alkyl halides is 7. The lowest BCUT2D eigenvalue weighted by Gasteiger charge is -2.27. The fourth-order valence-corrected chi connectivity index (χ4v) is 2.79. The minimum absolute atomic E-state index is 0.0488. The molecule has 0 spiro atoms. The fourth-order valence-electron chi connectivity index (χ4n) is 2.79. The lowest BCUT2D eigenvalue weighted by Crippen LogP contribution is -2.59. The molecule has 0 aliphatic heterocycles. The first kappa shape index (κ1) is 33.3. The Balaban J connectivity index is 3.85. The molecule has 0 saturated heterocycles. The first-order valence-corrected chi connectivity index (χ1v) is 11.5. The van der Waals surface area contributed by atoms with Gasteiger partial charge < -0.3 is 32.7 Å². The van der Waals surface area contributed by atoms with Crippen LogP contribution in [0.5, 0.6) is 0 Å². The van der Waals surface area contributed by atoms with Gasteiger partial charge in [-0.15, -0.1) is 0 Å². The zero-order valence-corrected chi connectivity index (χ0v) is 19.6. The van der Waals surface area contributed by atoms with Crippen molar-refractivity contribution < 1.29 is 40.3 Å². The van der Waals surface area contributed by atoms with Gasteiger partial charge in [0.05, 0.1) is 6.04 Å². The molecule has 0 unspecified atom stereocenters. The average molecular weight is 527 g/mol. The summed E-state index contributed by atoms with van der Waals surface area (Å²) in [6.07, 6.45) is -2.70. The van der Waals surface area contributed by atoms with E-state index in [-0.39, 0.29) is 19.3 Å². The monoisotopic (exact) mass is 526 g/mol. The molecule has 208 valence electrons. The maximum atomic E-state index is 13.2. The number of rotatable bonds is 20. The first-order chi connectivity index (χ1) is 16.3. The van der Waals surface area contributed by atoms with Gasteiger partial charge in [-0.1, -0.05) is 0 Å². The predicted molar refractivity (Wildman–Crippen MR) is 117 cm³/mol. The molecule has 0 aromatic heterocycles. The molecule has 8 nitrogen and oxygen atoms in total. The van der Waals surface area contributed by atoms with Gasteiger partial charge in [-0.2, -0.15) is 30.7 Å². The second-order valence-corrected chi connectivity index (χ2v) is 8.00. The molecular formula is C20H37F7N6O2. The van der Waals surface area contributed by atoms with Gasteiger partial charge in [0.1, 0.15) is 0 Å². The molecule has 15 heteroatoms. The molecule has 0 aliphatic rings. The summed E-state index contributed by atoms with van der Waals surface area (Å²) in [4.78, 5) is 23.0. The van der Waals surface area contributed by atoms with Crippen LogP contribution in [0, 0.1) is 0 Å². The normalized spacial score (nSPS) is 13.5. The minimum atomic E-state index is -6.58. The summed E-state index contributed by atoms with van der Waals surface area (Å²) >= 11 is 0. The Labute approximate surface area is 200 Å². The highest BCUT2D eigenvalue weighted by atomic mass is 19.4. The largest absolute Gasteiger partial charge is 0.460 e. The summed E-state index contributed by atoms with van der Waals surface area (Å²) in [7, 11) is 0. The maximum absolute atomic E-state index is 13.2. The van der Waals surface area contributed by atoms with Crippen molar-refractivity contribution in [2.24, 2.45) is 11.5 Å². The van der Waals surface area contributed by atoms with Gasteiger partial charge in [0.25, 0.3) is 5.91 Å². The molecule has 0 rings (SSSR count). The fraction of sp³-hybridized carbons (Fsp3) is 0.900. The summed E-state index contributed by atoms with van der Waals surface area (Å²) in [5.41, 5.74) is 11.1. The van der Waals surface area contributed by atoms with E-state index in [1.54, 1.807) is 0 Å². The summed E-state index contributed by atoms with van der Waals surface area (Å²) in [5, 5.41) is 10.5. The third-order valence-corrected chi connectivity index (χ3v) is 4.94. The molecule has 0 radical (unpaired) electrons. The number of nitrogens with two attached hydrogens (primary N) is 2. The van der Waals surface area contributed by atoms with Crippen LogP contribution in [0.25, 0.3) is 0 Å². The van der Waals surface area contributed by atoms with Crippen molar-refractivity contribution in [3.8, 4) is 0 Å². The number of halogens is 7. The van der Waals surface area contributed by atoms with Crippen molar-refractivity contribution in [1.29, 1.82) is 0 Å². The Kier molecular flexibility index (Phi) is 16.0. The molecule has 0 aromatic rings. The highest BCUT2D eigenvalue weighted by Crippen LogP contribution is 2.46. The highest BCUT2D eigenvalue weighted by Gasteiger charge is 2.76. The number of carbonyl (C=O) groups excluding carboxylic acids is 2. The molecular weight excluding hydrogens is 489 g/mol. The molecule has 0 aromatic carbocycles. The lowest BCUT2D eigenvalue weighted by molar-refractivity contribution is -0.344. The van der Waals surface area contributed by atoms with Crippen LogP contribution < -0.4 is 32.7 Å². The van der Waals surface area contributed by atoms with Gasteiger partial charge in [-0.3, -0.25) is 9.59 Å². The van der Waals surface area contributed by atoms with Crippen LogP contribution in [-0.4, -0.2) is 81.7 Å². The molecule has 35 heavy (non-hydrogen) atoms. The van der Waals surface area contributed by atoms with E-state index >= 15 is 0 Å². The second kappa shape index (κ2) is 16.9. The van der Waals surface area contributed by atoms with Crippen molar-refractivity contribution in [3.05, 3.63) is 0 Å². The van der Waals surface area contributed by atoms with Gasteiger partial charge in [-0.25, -0.2) is 0 Å². The number of carbonyl (C=O) groups is 2. The van der Waals surface area contributed by atoms with Crippen molar-refractivity contribution in [2.75, 3.05) is 45.8 Å². The average Bonchev–Trinajstić information content (AvgIpc) is 2.78. The van der Waals surface area contributed by atoms with Crippen LogP contribution in [0.1, 0.15) is 44.9 Å². The van der Waals surface area contributed by atoms with E-state index in [0.29, 0.717) is 26.1 Å². The highest BCUT2D eigenvalue weighted by molar-refractivity contribution is 5.84. The Morgan fingerprint density at radius 3 is 1.71 bits per heavy atom. The Bertz CT molecular complexity index is 609. The second-order valence-electron chi connectivity index (χ2n) is 8.00. The van der Waals surface area contributed by atoms with E-state index in [9.17, 15) is 40.3 Å². The van der Waals surface area contributed by atoms with Crippen molar-refractivity contribution in [3.63, 3.8) is 0 Å². The molecule has 0 aliphatic carbocycles. The summed E-state index contributed by atoms with van der Waals surface area (Å²) in [5.74, 6) is -15.6. The van der Waals surface area contributed by atoms with E-state index in [1.165, 1.54) is 5.32 Å². The van der Waals surface area contributed by atoms with Crippen molar-refractivity contribution in [2.45, 2.75) is 69.0 Å². The van der Waals surface area contributed by atoms with E-state index in [2.05, 4.69) is 16.0 Å². The number of unbranched alkanes of at least 4 members (excludes halogenated alkanes) is 2. The lowest BCUT2D eigenvalue weighted by atomic mass is 10.1. The van der Waals surface area contributed by atoms with E-state index < -0.39 is 42.4 Å². The molecule has 0 saturated carbocycles. The van der Waals surface area contributed by atoms with Crippen molar-refractivity contribution >= 4 is 11.8 Å². The Morgan fingerprint density at radius 1 is 0.686 bits per heavy atom. The maximum Gasteiger partial charge on any atom is 0.460 e. The zero-order chi connectivity index (χ0) is 27.0. The van der Waals surface area contributed by atoms with Crippen LogP contribution in [0.4, 0.5) is 30.7 Å². The van der Waals surface area contributed by atoms with Crippen LogP contribution in [-0.2, 0) is 9.59 Å². The van der Waals surface area contributed by atoms with Crippen molar-refractivity contribution in [1.82, 2.24) is 21.3 Å². The summed E-state index contributed by atoms with van der Waals surface area (Å²) in [6, 6.07) is -0.915. The quantitative estimate of drug-likeness (QED) is 0.104. The van der Waals surface area contributed by atoms with Gasteiger partial charge in [-0.05, 0) is 77.7 Å². The summed E-state index contributed by atoms with van der Waals surface area (Å²) < 4.78 is 88.1. The molecule has 0 bridgehead atoms. The van der Waals surface area contributed by atoms with Gasteiger partial charge in [0.2, 0.25) is 5.91 Å². The molecule has 0 heterocycles. The molecule has 0 fully saturated rings. The Morgan fingerprint density at radius 2 is 1.17 bits per heavy atom. The number of nitrogens with one attached hydrogen (secondary N) is 4. The zero-order valence-electron chi connectivity index (χ0n) is 19.6. The minimum Gasteiger partial charge on any atom is -0.355 e. The SMILES string of the molecule is NCCCNCCCCNCCCNC(=O)[C@H](N)CCCCNC(=O)C(F)(F)C(F)(F)C(F)(F)F. The molecule has 2 amide bonds. The van der Waals surface area contributed by atoms with Crippen LogP contribution >= 0.6 is 0 Å². The first-order valence-electron chi connectivity index (χ1n) is 11.5. The van der Waals surface area contributed by atoms with Crippen LogP contribution in [0.3, 0.4) is 0 Å². The van der Waals surface area contributed by atoms with E-state index in [0.717, 1.165) is 38.9 Å². The van der Waals surface area contributed by atoms with Crippen LogP contribution in [0.2, 0.25) is 0 Å². The third kappa shape index (κ3) is 12.7. The van der Waals surface area contributed by atoms with Gasteiger partial charge >= 0.3 is 18.0 Å². The standard InChI is InChI=1S/C20H37F7N6O2/c21-18(22,19(23,24)20(25,26)27)17(35)33-13-2-1-7-15(29)16(34)32-14-6-12-31-10-4-3-9-30-11-5-8-28/h15,30-31H,1-14,28-29H2,(H,32,34)(H,33,35)/t15-/m1/s1. The predicted octanol–water partition coefficient (Wildman–Crippen LogP) is 1.25. The molecule has 8 N–H and O–H groups in total. The number of hydrogen-bond acceptors (Lipinski definition) is 6.